The van der Waals surface area contributed by atoms with Crippen molar-refractivity contribution in [3.8, 4) is 0 Å². The van der Waals surface area contributed by atoms with Crippen LogP contribution in [-0.2, 0) is 9.47 Å². The van der Waals surface area contributed by atoms with Crippen LogP contribution in [0, 0.1) is 6.92 Å². The molecule has 1 unspecified atom stereocenters. The van der Waals surface area contributed by atoms with Gasteiger partial charge >= 0.3 is 5.97 Å². The zero-order valence-electron chi connectivity index (χ0n) is 10.6. The summed E-state index contributed by atoms with van der Waals surface area (Å²) in [5.74, 6) is -0.604. The maximum atomic E-state index is 11.8. The van der Waals surface area contributed by atoms with Crippen molar-refractivity contribution in [2.45, 2.75) is 32.3 Å². The van der Waals surface area contributed by atoms with Crippen LogP contribution in [0.4, 0.5) is 0 Å². The number of hydrogen-bond donors (Lipinski definition) is 1. The van der Waals surface area contributed by atoms with Crippen LogP contribution in [0.5, 0.6) is 0 Å². The second-order valence-electron chi connectivity index (χ2n) is 4.86. The third kappa shape index (κ3) is 2.79. The average Bonchev–Trinajstić information content (AvgIpc) is 2.74. The Bertz CT molecular complexity index is 500. The number of nitrogens with one attached hydrogen (secondary N) is 1. The van der Waals surface area contributed by atoms with Crippen LogP contribution in [0.1, 0.15) is 35.8 Å². The maximum Gasteiger partial charge on any atom is 0.343 e. The van der Waals surface area contributed by atoms with Gasteiger partial charge in [-0.3, -0.25) is 4.79 Å². The molecule has 2 rings (SSSR count). The van der Waals surface area contributed by atoms with Crippen molar-refractivity contribution in [1.29, 1.82) is 0 Å². The Morgan fingerprint density at radius 2 is 2.33 bits per heavy atom. The van der Waals surface area contributed by atoms with Gasteiger partial charge in [0.15, 0.2) is 0 Å². The number of carbonyl (C=O) groups excluding carboxylic acids is 1. The standard InChI is InChI=1S/C13H17NO4/c1-9-4-5-10(11(15)14-9)12(16)17-8-13(2)6-3-7-18-13/h4-5H,3,6-8H2,1-2H3,(H,14,15). The minimum Gasteiger partial charge on any atom is -0.459 e. The molecule has 1 aromatic rings. The number of H-pyrrole nitrogens is 1. The van der Waals surface area contributed by atoms with E-state index in [9.17, 15) is 9.59 Å². The summed E-state index contributed by atoms with van der Waals surface area (Å²) in [5.41, 5.74) is -0.0880. The SMILES string of the molecule is Cc1ccc(C(=O)OCC2(C)CCCO2)c(=O)[nH]1. The number of pyridine rings is 1. The fourth-order valence-corrected chi connectivity index (χ4v) is 1.98. The Balaban J connectivity index is 2.01. The van der Waals surface area contributed by atoms with Crippen LogP contribution in [-0.4, -0.2) is 29.8 Å². The van der Waals surface area contributed by atoms with Gasteiger partial charge in [-0.1, -0.05) is 0 Å². The van der Waals surface area contributed by atoms with Crippen LogP contribution in [0.15, 0.2) is 16.9 Å². The molecule has 18 heavy (non-hydrogen) atoms. The number of aryl methyl sites for hydroxylation is 1. The largest absolute Gasteiger partial charge is 0.459 e. The summed E-state index contributed by atoms with van der Waals surface area (Å²) in [5, 5.41) is 0. The van der Waals surface area contributed by atoms with Crippen molar-refractivity contribution < 1.29 is 14.3 Å². The van der Waals surface area contributed by atoms with Crippen molar-refractivity contribution in [1.82, 2.24) is 4.98 Å². The highest BCUT2D eigenvalue weighted by Gasteiger charge is 2.31. The van der Waals surface area contributed by atoms with E-state index in [2.05, 4.69) is 4.98 Å². The molecule has 1 aliphatic rings. The quantitative estimate of drug-likeness (QED) is 0.825. The Morgan fingerprint density at radius 3 is 2.94 bits per heavy atom. The molecule has 0 amide bonds. The van der Waals surface area contributed by atoms with Crippen molar-refractivity contribution >= 4 is 5.97 Å². The lowest BCUT2D eigenvalue weighted by atomic mass is 10.0. The normalized spacial score (nSPS) is 23.0. The molecule has 0 saturated carbocycles. The highest BCUT2D eigenvalue weighted by molar-refractivity contribution is 5.88. The zero-order chi connectivity index (χ0) is 13.2. The molecule has 1 aliphatic heterocycles. The molecule has 0 radical (unpaired) electrons. The number of rotatable bonds is 3. The lowest BCUT2D eigenvalue weighted by Crippen LogP contribution is -2.32. The van der Waals surface area contributed by atoms with E-state index in [1.165, 1.54) is 6.07 Å². The first-order valence-corrected chi connectivity index (χ1v) is 6.01. The van der Waals surface area contributed by atoms with Crippen LogP contribution in [0.2, 0.25) is 0 Å². The van der Waals surface area contributed by atoms with E-state index in [4.69, 9.17) is 9.47 Å². The molecule has 1 fully saturated rings. The number of carbonyl (C=O) groups is 1. The van der Waals surface area contributed by atoms with Gasteiger partial charge in [0.05, 0.1) is 5.60 Å². The number of ether oxygens (including phenoxy) is 2. The van der Waals surface area contributed by atoms with Gasteiger partial charge in [-0.15, -0.1) is 0 Å². The second-order valence-corrected chi connectivity index (χ2v) is 4.86. The topological polar surface area (TPSA) is 68.4 Å². The van der Waals surface area contributed by atoms with E-state index in [1.54, 1.807) is 13.0 Å². The Morgan fingerprint density at radius 1 is 1.56 bits per heavy atom. The third-order valence-electron chi connectivity index (χ3n) is 3.08. The molecule has 1 aromatic heterocycles. The van der Waals surface area contributed by atoms with Crippen molar-refractivity contribution in [2.75, 3.05) is 13.2 Å². The summed E-state index contributed by atoms with van der Waals surface area (Å²) in [4.78, 5) is 25.9. The monoisotopic (exact) mass is 251 g/mol. The van der Waals surface area contributed by atoms with Gasteiger partial charge in [-0.05, 0) is 38.8 Å². The zero-order valence-corrected chi connectivity index (χ0v) is 10.6. The predicted octanol–water partition coefficient (Wildman–Crippen LogP) is 1.41. The number of aromatic amines is 1. The summed E-state index contributed by atoms with van der Waals surface area (Å²) < 4.78 is 10.7. The van der Waals surface area contributed by atoms with Crippen LogP contribution in [0.3, 0.4) is 0 Å². The molecular weight excluding hydrogens is 234 g/mol. The molecule has 2 heterocycles. The molecule has 0 aliphatic carbocycles. The first kappa shape index (κ1) is 12.8. The van der Waals surface area contributed by atoms with Gasteiger partial charge in [0, 0.05) is 12.3 Å². The molecule has 1 N–H and O–H groups in total. The van der Waals surface area contributed by atoms with Gasteiger partial charge < -0.3 is 14.5 Å². The fraction of sp³-hybridized carbons (Fsp3) is 0.538. The lowest BCUT2D eigenvalue weighted by molar-refractivity contribution is -0.0379. The number of esters is 1. The summed E-state index contributed by atoms with van der Waals surface area (Å²) in [7, 11) is 0. The summed E-state index contributed by atoms with van der Waals surface area (Å²) in [6.07, 6.45) is 1.84. The van der Waals surface area contributed by atoms with Crippen LogP contribution >= 0.6 is 0 Å². The first-order valence-electron chi connectivity index (χ1n) is 6.01. The molecule has 1 atom stereocenters. The second kappa shape index (κ2) is 4.94. The molecule has 5 nitrogen and oxygen atoms in total. The highest BCUT2D eigenvalue weighted by Crippen LogP contribution is 2.25. The lowest BCUT2D eigenvalue weighted by Gasteiger charge is -2.22. The van der Waals surface area contributed by atoms with E-state index >= 15 is 0 Å². The minimum absolute atomic E-state index is 0.0298. The van der Waals surface area contributed by atoms with Gasteiger partial charge in [0.25, 0.3) is 5.56 Å². The van der Waals surface area contributed by atoms with Gasteiger partial charge in [0.2, 0.25) is 0 Å². The Labute approximate surface area is 105 Å². The minimum atomic E-state index is -0.604. The van der Waals surface area contributed by atoms with Crippen LogP contribution < -0.4 is 5.56 Å². The molecular formula is C13H17NO4. The molecule has 0 aromatic carbocycles. The fourth-order valence-electron chi connectivity index (χ4n) is 1.98. The van der Waals surface area contributed by atoms with E-state index in [-0.39, 0.29) is 12.2 Å². The summed E-state index contributed by atoms with van der Waals surface area (Å²) >= 11 is 0. The third-order valence-corrected chi connectivity index (χ3v) is 3.08. The first-order chi connectivity index (χ1) is 8.50. The van der Waals surface area contributed by atoms with Crippen molar-refractivity contribution in [2.24, 2.45) is 0 Å². The summed E-state index contributed by atoms with van der Waals surface area (Å²) in [6, 6.07) is 3.15. The smallest absolute Gasteiger partial charge is 0.343 e. The molecule has 98 valence electrons. The van der Waals surface area contributed by atoms with Gasteiger partial charge in [-0.25, -0.2) is 4.79 Å². The van der Waals surface area contributed by atoms with E-state index < -0.39 is 17.1 Å². The van der Waals surface area contributed by atoms with E-state index in [1.807, 2.05) is 6.92 Å². The van der Waals surface area contributed by atoms with Crippen LogP contribution in [0.25, 0.3) is 0 Å². The maximum absolute atomic E-state index is 11.8. The predicted molar refractivity (Wildman–Crippen MR) is 65.7 cm³/mol. The molecule has 0 bridgehead atoms. The number of aromatic nitrogens is 1. The molecule has 1 saturated heterocycles. The van der Waals surface area contributed by atoms with Crippen molar-refractivity contribution in [3.63, 3.8) is 0 Å². The van der Waals surface area contributed by atoms with Crippen molar-refractivity contribution in [3.05, 3.63) is 33.7 Å². The highest BCUT2D eigenvalue weighted by atomic mass is 16.6. The van der Waals surface area contributed by atoms with E-state index in [0.717, 1.165) is 12.8 Å². The van der Waals surface area contributed by atoms with E-state index in [0.29, 0.717) is 12.3 Å². The summed E-state index contributed by atoms with van der Waals surface area (Å²) in [6.45, 7) is 4.54. The number of hydrogen-bond acceptors (Lipinski definition) is 4. The average molecular weight is 251 g/mol. The van der Waals surface area contributed by atoms with Gasteiger partial charge in [-0.2, -0.15) is 0 Å². The van der Waals surface area contributed by atoms with Gasteiger partial charge in [0.1, 0.15) is 12.2 Å². The Kier molecular flexibility index (Phi) is 3.52. The molecule has 0 spiro atoms. The molecule has 5 heteroatoms. The Hall–Kier alpha value is -1.62.